The van der Waals surface area contributed by atoms with Crippen molar-refractivity contribution in [3.8, 4) is 17.2 Å². The average Bonchev–Trinajstić information content (AvgIpc) is 3.44. The minimum atomic E-state index is -0.0461. The number of hydrogen-bond donors (Lipinski definition) is 1. The highest BCUT2D eigenvalue weighted by molar-refractivity contribution is 5.43. The number of hydrogen-bond acceptors (Lipinski definition) is 5. The SMILES string of the molecule is COc1cncc(C(Oc2ccc(CN)cc2OC)C2CC2)c1. The summed E-state index contributed by atoms with van der Waals surface area (Å²) in [5.74, 6) is 2.67. The minimum Gasteiger partial charge on any atom is -0.495 e. The van der Waals surface area contributed by atoms with Crippen molar-refractivity contribution in [2.45, 2.75) is 25.5 Å². The Labute approximate surface area is 136 Å². The van der Waals surface area contributed by atoms with Gasteiger partial charge >= 0.3 is 0 Å². The van der Waals surface area contributed by atoms with Crippen molar-refractivity contribution in [3.63, 3.8) is 0 Å². The highest BCUT2D eigenvalue weighted by Crippen LogP contribution is 2.45. The van der Waals surface area contributed by atoms with Gasteiger partial charge in [-0.05, 0) is 36.6 Å². The van der Waals surface area contributed by atoms with Crippen LogP contribution < -0.4 is 19.9 Å². The van der Waals surface area contributed by atoms with Gasteiger partial charge in [0.05, 0.1) is 20.4 Å². The van der Waals surface area contributed by atoms with Crippen molar-refractivity contribution in [1.29, 1.82) is 0 Å². The second kappa shape index (κ2) is 6.87. The zero-order valence-corrected chi connectivity index (χ0v) is 13.5. The molecule has 2 aromatic rings. The Morgan fingerprint density at radius 1 is 1.13 bits per heavy atom. The predicted molar refractivity (Wildman–Crippen MR) is 87.8 cm³/mol. The minimum absolute atomic E-state index is 0.0461. The summed E-state index contributed by atoms with van der Waals surface area (Å²) in [4.78, 5) is 4.25. The number of nitrogens with two attached hydrogens (primary N) is 1. The molecular formula is C18H22N2O3. The van der Waals surface area contributed by atoms with Crippen molar-refractivity contribution in [2.75, 3.05) is 14.2 Å². The molecule has 0 aliphatic heterocycles. The van der Waals surface area contributed by atoms with Crippen LogP contribution in [0.2, 0.25) is 0 Å². The number of nitrogens with zero attached hydrogens (tertiary/aromatic N) is 1. The van der Waals surface area contributed by atoms with Gasteiger partial charge in [0.2, 0.25) is 0 Å². The van der Waals surface area contributed by atoms with E-state index in [1.807, 2.05) is 30.5 Å². The van der Waals surface area contributed by atoms with Gasteiger partial charge in [0.1, 0.15) is 11.9 Å². The highest BCUT2D eigenvalue weighted by atomic mass is 16.5. The Bertz CT molecular complexity index is 671. The van der Waals surface area contributed by atoms with E-state index in [0.717, 1.165) is 35.5 Å². The first-order chi connectivity index (χ1) is 11.2. The van der Waals surface area contributed by atoms with Crippen molar-refractivity contribution >= 4 is 0 Å². The zero-order chi connectivity index (χ0) is 16.2. The fourth-order valence-electron chi connectivity index (χ4n) is 2.61. The summed E-state index contributed by atoms with van der Waals surface area (Å²) in [5.41, 5.74) is 7.73. The normalized spacial score (nSPS) is 15.1. The van der Waals surface area contributed by atoms with E-state index in [0.29, 0.717) is 18.2 Å². The second-order valence-corrected chi connectivity index (χ2v) is 5.72. The number of methoxy groups -OCH3 is 2. The van der Waals surface area contributed by atoms with Gasteiger partial charge in [0.15, 0.2) is 11.5 Å². The van der Waals surface area contributed by atoms with E-state index in [-0.39, 0.29) is 6.10 Å². The Morgan fingerprint density at radius 2 is 1.96 bits per heavy atom. The van der Waals surface area contributed by atoms with Gasteiger partial charge in [-0.3, -0.25) is 4.98 Å². The smallest absolute Gasteiger partial charge is 0.162 e. The molecule has 0 amide bonds. The first-order valence-corrected chi connectivity index (χ1v) is 7.77. The first kappa shape index (κ1) is 15.6. The molecule has 5 heteroatoms. The molecule has 1 heterocycles. The summed E-state index contributed by atoms with van der Waals surface area (Å²) < 4.78 is 17.0. The molecule has 1 saturated carbocycles. The van der Waals surface area contributed by atoms with Crippen LogP contribution in [0, 0.1) is 5.92 Å². The van der Waals surface area contributed by atoms with Crippen LogP contribution in [0.4, 0.5) is 0 Å². The fourth-order valence-corrected chi connectivity index (χ4v) is 2.61. The van der Waals surface area contributed by atoms with E-state index in [4.69, 9.17) is 19.9 Å². The lowest BCUT2D eigenvalue weighted by Crippen LogP contribution is -2.11. The molecule has 0 spiro atoms. The summed E-state index contributed by atoms with van der Waals surface area (Å²) in [7, 11) is 3.28. The van der Waals surface area contributed by atoms with Gasteiger partial charge in [0.25, 0.3) is 0 Å². The monoisotopic (exact) mass is 314 g/mol. The van der Waals surface area contributed by atoms with Crippen molar-refractivity contribution in [2.24, 2.45) is 11.7 Å². The molecule has 5 nitrogen and oxygen atoms in total. The fraction of sp³-hybridized carbons (Fsp3) is 0.389. The molecule has 23 heavy (non-hydrogen) atoms. The molecule has 0 saturated heterocycles. The molecule has 1 aromatic carbocycles. The number of rotatable bonds is 7. The van der Waals surface area contributed by atoms with Crippen LogP contribution in [0.3, 0.4) is 0 Å². The standard InChI is InChI=1S/C18H22N2O3/c1-21-15-8-14(10-20-11-15)18(13-4-5-13)23-16-6-3-12(9-19)7-17(16)22-2/h3,6-8,10-11,13,18H,4-5,9,19H2,1-2H3. The third-order valence-electron chi connectivity index (χ3n) is 4.07. The van der Waals surface area contributed by atoms with Gasteiger partial charge in [-0.25, -0.2) is 0 Å². The third kappa shape index (κ3) is 3.56. The molecule has 1 aliphatic carbocycles. The number of ether oxygens (including phenoxy) is 3. The average molecular weight is 314 g/mol. The molecule has 3 rings (SSSR count). The van der Waals surface area contributed by atoms with Crippen LogP contribution in [-0.2, 0) is 6.54 Å². The summed E-state index contributed by atoms with van der Waals surface area (Å²) >= 11 is 0. The Hall–Kier alpha value is -2.27. The van der Waals surface area contributed by atoms with Gasteiger partial charge in [0, 0.05) is 24.2 Å². The maximum atomic E-state index is 6.28. The summed E-state index contributed by atoms with van der Waals surface area (Å²) in [6, 6.07) is 7.79. The van der Waals surface area contributed by atoms with Crippen molar-refractivity contribution < 1.29 is 14.2 Å². The van der Waals surface area contributed by atoms with Crippen LogP contribution in [0.1, 0.15) is 30.1 Å². The molecule has 122 valence electrons. The van der Waals surface area contributed by atoms with E-state index < -0.39 is 0 Å². The largest absolute Gasteiger partial charge is 0.495 e. The molecule has 1 unspecified atom stereocenters. The molecule has 0 bridgehead atoms. The Kier molecular flexibility index (Phi) is 4.67. The van der Waals surface area contributed by atoms with Crippen LogP contribution in [0.25, 0.3) is 0 Å². The zero-order valence-electron chi connectivity index (χ0n) is 13.5. The number of pyridine rings is 1. The highest BCUT2D eigenvalue weighted by Gasteiger charge is 2.35. The molecule has 1 aliphatic rings. The van der Waals surface area contributed by atoms with Crippen LogP contribution in [0.5, 0.6) is 17.2 Å². The maximum absolute atomic E-state index is 6.28. The lowest BCUT2D eigenvalue weighted by atomic mass is 10.1. The second-order valence-electron chi connectivity index (χ2n) is 5.72. The number of aromatic nitrogens is 1. The number of benzene rings is 1. The van der Waals surface area contributed by atoms with E-state index in [2.05, 4.69) is 4.98 Å². The van der Waals surface area contributed by atoms with Gasteiger partial charge in [-0.15, -0.1) is 0 Å². The van der Waals surface area contributed by atoms with Crippen LogP contribution in [-0.4, -0.2) is 19.2 Å². The Balaban J connectivity index is 1.88. The quantitative estimate of drug-likeness (QED) is 0.850. The van der Waals surface area contributed by atoms with Gasteiger partial charge < -0.3 is 19.9 Å². The lowest BCUT2D eigenvalue weighted by Gasteiger charge is -2.21. The molecule has 0 radical (unpaired) electrons. The summed E-state index contributed by atoms with van der Waals surface area (Å²) in [6.45, 7) is 0.475. The van der Waals surface area contributed by atoms with E-state index in [1.54, 1.807) is 20.4 Å². The van der Waals surface area contributed by atoms with Crippen LogP contribution >= 0.6 is 0 Å². The molecule has 1 aromatic heterocycles. The Morgan fingerprint density at radius 3 is 2.61 bits per heavy atom. The third-order valence-corrected chi connectivity index (χ3v) is 4.07. The van der Waals surface area contributed by atoms with E-state index in [1.165, 1.54) is 0 Å². The van der Waals surface area contributed by atoms with E-state index >= 15 is 0 Å². The predicted octanol–water partition coefficient (Wildman–Crippen LogP) is 3.09. The molecule has 1 atom stereocenters. The first-order valence-electron chi connectivity index (χ1n) is 7.77. The van der Waals surface area contributed by atoms with Gasteiger partial charge in [-0.2, -0.15) is 0 Å². The van der Waals surface area contributed by atoms with Crippen LogP contribution in [0.15, 0.2) is 36.7 Å². The summed E-state index contributed by atoms with van der Waals surface area (Å²) in [6.07, 6.45) is 5.81. The van der Waals surface area contributed by atoms with Gasteiger partial charge in [-0.1, -0.05) is 6.07 Å². The molecular weight excluding hydrogens is 292 g/mol. The maximum Gasteiger partial charge on any atom is 0.162 e. The van der Waals surface area contributed by atoms with Crippen molar-refractivity contribution in [3.05, 3.63) is 47.8 Å². The lowest BCUT2D eigenvalue weighted by molar-refractivity contribution is 0.173. The topological polar surface area (TPSA) is 66.6 Å². The summed E-state index contributed by atoms with van der Waals surface area (Å²) in [5, 5.41) is 0. The van der Waals surface area contributed by atoms with Crippen molar-refractivity contribution in [1.82, 2.24) is 4.98 Å². The van der Waals surface area contributed by atoms with E-state index in [9.17, 15) is 0 Å². The molecule has 2 N–H and O–H groups in total. The molecule has 1 fully saturated rings.